The number of carbonyl (C=O) groups excluding carboxylic acids is 2. The molecule has 1 saturated heterocycles. The third-order valence-corrected chi connectivity index (χ3v) is 4.73. The second-order valence-corrected chi connectivity index (χ2v) is 7.06. The predicted octanol–water partition coefficient (Wildman–Crippen LogP) is 2.00. The van der Waals surface area contributed by atoms with E-state index in [1.807, 2.05) is 36.1 Å². The van der Waals surface area contributed by atoms with Gasteiger partial charge in [0.1, 0.15) is 0 Å². The molecule has 0 radical (unpaired) electrons. The third kappa shape index (κ3) is 5.63. The number of carbonyl (C=O) groups is 2. The first kappa shape index (κ1) is 20.0. The molecule has 150 valence electrons. The lowest BCUT2D eigenvalue weighted by atomic mass is 10.1. The van der Waals surface area contributed by atoms with E-state index in [1.54, 1.807) is 6.92 Å². The number of nitrogens with one attached hydrogen (secondary N) is 1. The van der Waals surface area contributed by atoms with Crippen molar-refractivity contribution in [2.45, 2.75) is 39.7 Å². The first-order chi connectivity index (χ1) is 13.5. The van der Waals surface area contributed by atoms with Crippen molar-refractivity contribution in [2.24, 2.45) is 0 Å². The zero-order chi connectivity index (χ0) is 19.9. The Balaban J connectivity index is 1.44. The van der Waals surface area contributed by atoms with Crippen LogP contribution < -0.4 is 5.32 Å². The van der Waals surface area contributed by atoms with Crippen LogP contribution in [-0.2, 0) is 22.6 Å². The summed E-state index contributed by atoms with van der Waals surface area (Å²) >= 11 is 0. The first-order valence-electron chi connectivity index (χ1n) is 9.71. The summed E-state index contributed by atoms with van der Waals surface area (Å²) in [7, 11) is 0. The first-order valence-corrected chi connectivity index (χ1v) is 9.71. The molecule has 0 bridgehead atoms. The summed E-state index contributed by atoms with van der Waals surface area (Å²) in [5.74, 6) is 1.39. The van der Waals surface area contributed by atoms with Gasteiger partial charge in [0, 0.05) is 45.2 Å². The lowest BCUT2D eigenvalue weighted by molar-refractivity contribution is -0.132. The molecule has 1 N–H and O–H groups in total. The Hall–Kier alpha value is -2.74. The molecule has 2 aromatic rings. The van der Waals surface area contributed by atoms with Gasteiger partial charge < -0.3 is 14.7 Å². The van der Waals surface area contributed by atoms with Crippen LogP contribution in [0.4, 0.5) is 5.69 Å². The summed E-state index contributed by atoms with van der Waals surface area (Å²) in [6.45, 7) is 7.37. The van der Waals surface area contributed by atoms with Crippen molar-refractivity contribution in [3.05, 3.63) is 41.5 Å². The van der Waals surface area contributed by atoms with Gasteiger partial charge in [0.05, 0.1) is 13.0 Å². The fourth-order valence-electron chi connectivity index (χ4n) is 3.20. The fraction of sp³-hybridized carbons (Fsp3) is 0.500. The highest BCUT2D eigenvalue weighted by Crippen LogP contribution is 2.13. The molecule has 0 saturated carbocycles. The van der Waals surface area contributed by atoms with E-state index < -0.39 is 0 Å². The molecule has 0 spiro atoms. The smallest absolute Gasteiger partial charge is 0.227 e. The number of hydrogen-bond acceptors (Lipinski definition) is 6. The number of aryl methyl sites for hydroxylation is 1. The van der Waals surface area contributed by atoms with Gasteiger partial charge in [-0.25, -0.2) is 0 Å². The minimum Gasteiger partial charge on any atom is -0.340 e. The van der Waals surface area contributed by atoms with Crippen molar-refractivity contribution in [2.75, 3.05) is 31.5 Å². The SMILES string of the molecule is CCCC(=O)Nc1ccc(CC(=O)N2CCN(Cc3noc(C)n3)CC2)cc1. The van der Waals surface area contributed by atoms with Crippen LogP contribution in [0.1, 0.15) is 37.0 Å². The Morgan fingerprint density at radius 1 is 1.14 bits per heavy atom. The number of piperazine rings is 1. The largest absolute Gasteiger partial charge is 0.340 e. The van der Waals surface area contributed by atoms with Crippen LogP contribution in [-0.4, -0.2) is 57.9 Å². The third-order valence-electron chi connectivity index (χ3n) is 4.73. The average molecular weight is 385 g/mol. The monoisotopic (exact) mass is 385 g/mol. The van der Waals surface area contributed by atoms with E-state index in [0.29, 0.717) is 44.2 Å². The number of nitrogens with zero attached hydrogens (tertiary/aromatic N) is 4. The van der Waals surface area contributed by atoms with E-state index in [2.05, 4.69) is 20.4 Å². The molecule has 8 nitrogen and oxygen atoms in total. The van der Waals surface area contributed by atoms with Crippen LogP contribution in [0.2, 0.25) is 0 Å². The molecule has 1 aromatic carbocycles. The maximum Gasteiger partial charge on any atom is 0.227 e. The van der Waals surface area contributed by atoms with Gasteiger partial charge in [0.2, 0.25) is 17.7 Å². The summed E-state index contributed by atoms with van der Waals surface area (Å²) in [5, 5.41) is 6.78. The maximum atomic E-state index is 12.6. The van der Waals surface area contributed by atoms with Crippen LogP contribution in [0.25, 0.3) is 0 Å². The highest BCUT2D eigenvalue weighted by molar-refractivity contribution is 5.90. The molecule has 1 aliphatic heterocycles. The summed E-state index contributed by atoms with van der Waals surface area (Å²) in [5.41, 5.74) is 1.71. The van der Waals surface area contributed by atoms with E-state index in [4.69, 9.17) is 4.52 Å². The van der Waals surface area contributed by atoms with E-state index >= 15 is 0 Å². The van der Waals surface area contributed by atoms with Gasteiger partial charge in [-0.15, -0.1) is 0 Å². The maximum absolute atomic E-state index is 12.6. The number of anilines is 1. The minimum absolute atomic E-state index is 0.0141. The minimum atomic E-state index is 0.0141. The normalized spacial score (nSPS) is 14.9. The predicted molar refractivity (Wildman–Crippen MR) is 105 cm³/mol. The number of amides is 2. The molecular weight excluding hydrogens is 358 g/mol. The van der Waals surface area contributed by atoms with E-state index in [-0.39, 0.29) is 11.8 Å². The Morgan fingerprint density at radius 2 is 1.86 bits per heavy atom. The van der Waals surface area contributed by atoms with Crippen LogP contribution >= 0.6 is 0 Å². The quantitative estimate of drug-likeness (QED) is 0.784. The molecule has 2 amide bonds. The molecule has 0 atom stereocenters. The Kier molecular flexibility index (Phi) is 6.76. The van der Waals surface area contributed by atoms with Gasteiger partial charge in [0.25, 0.3) is 0 Å². The lowest BCUT2D eigenvalue weighted by Gasteiger charge is -2.34. The summed E-state index contributed by atoms with van der Waals surface area (Å²) in [6, 6.07) is 7.49. The molecule has 3 rings (SSSR count). The van der Waals surface area contributed by atoms with Gasteiger partial charge in [-0.2, -0.15) is 4.98 Å². The second-order valence-electron chi connectivity index (χ2n) is 7.06. The zero-order valence-electron chi connectivity index (χ0n) is 16.5. The van der Waals surface area contributed by atoms with E-state index in [0.717, 1.165) is 30.8 Å². The summed E-state index contributed by atoms with van der Waals surface area (Å²) in [6.07, 6.45) is 1.70. The zero-order valence-corrected chi connectivity index (χ0v) is 16.5. The van der Waals surface area contributed by atoms with Crippen molar-refractivity contribution < 1.29 is 14.1 Å². The summed E-state index contributed by atoms with van der Waals surface area (Å²) in [4.78, 5) is 32.6. The summed E-state index contributed by atoms with van der Waals surface area (Å²) < 4.78 is 5.00. The molecule has 8 heteroatoms. The second kappa shape index (κ2) is 9.45. The van der Waals surface area contributed by atoms with Gasteiger partial charge in [-0.3, -0.25) is 14.5 Å². The Morgan fingerprint density at radius 3 is 2.46 bits per heavy atom. The standard InChI is InChI=1S/C20H27N5O3/c1-3-4-19(26)22-17-7-5-16(6-8-17)13-20(27)25-11-9-24(10-12-25)14-18-21-15(2)28-23-18/h5-8H,3-4,9-14H2,1-2H3,(H,22,26). The molecule has 0 unspecified atom stereocenters. The van der Waals surface area contributed by atoms with Gasteiger partial charge in [0.15, 0.2) is 5.82 Å². The lowest BCUT2D eigenvalue weighted by Crippen LogP contribution is -2.48. The number of aromatic nitrogens is 2. The van der Waals surface area contributed by atoms with E-state index in [1.165, 1.54) is 0 Å². The van der Waals surface area contributed by atoms with Crippen LogP contribution in [0.5, 0.6) is 0 Å². The van der Waals surface area contributed by atoms with Crippen molar-refractivity contribution in [3.8, 4) is 0 Å². The van der Waals surface area contributed by atoms with Crippen LogP contribution in [0.3, 0.4) is 0 Å². The van der Waals surface area contributed by atoms with Crippen LogP contribution in [0.15, 0.2) is 28.8 Å². The number of rotatable bonds is 7. The van der Waals surface area contributed by atoms with Crippen LogP contribution in [0, 0.1) is 6.92 Å². The van der Waals surface area contributed by atoms with Crippen molar-refractivity contribution >= 4 is 17.5 Å². The molecule has 0 aliphatic carbocycles. The number of hydrogen-bond donors (Lipinski definition) is 1. The van der Waals surface area contributed by atoms with Gasteiger partial charge in [-0.1, -0.05) is 24.2 Å². The molecule has 1 fully saturated rings. The Labute approximate surface area is 164 Å². The van der Waals surface area contributed by atoms with Crippen molar-refractivity contribution in [3.63, 3.8) is 0 Å². The molecule has 2 heterocycles. The van der Waals surface area contributed by atoms with Crippen molar-refractivity contribution in [1.29, 1.82) is 0 Å². The van der Waals surface area contributed by atoms with Gasteiger partial charge >= 0.3 is 0 Å². The topological polar surface area (TPSA) is 91.6 Å². The van der Waals surface area contributed by atoms with E-state index in [9.17, 15) is 9.59 Å². The number of benzene rings is 1. The fourth-order valence-corrected chi connectivity index (χ4v) is 3.20. The highest BCUT2D eigenvalue weighted by Gasteiger charge is 2.22. The Bertz CT molecular complexity index is 794. The highest BCUT2D eigenvalue weighted by atomic mass is 16.5. The molecule has 1 aromatic heterocycles. The van der Waals surface area contributed by atoms with Crippen molar-refractivity contribution in [1.82, 2.24) is 19.9 Å². The molecule has 28 heavy (non-hydrogen) atoms. The molecule has 1 aliphatic rings. The average Bonchev–Trinajstić information content (AvgIpc) is 3.09. The molecular formula is C20H27N5O3. The van der Waals surface area contributed by atoms with Gasteiger partial charge in [-0.05, 0) is 24.1 Å².